The monoisotopic (exact) mass is 369 g/mol. The third kappa shape index (κ3) is 3.34. The van der Waals surface area contributed by atoms with E-state index in [-0.39, 0.29) is 11.6 Å². The Kier molecular flexibility index (Phi) is 4.81. The van der Waals surface area contributed by atoms with Gasteiger partial charge in [0.2, 0.25) is 0 Å². The summed E-state index contributed by atoms with van der Waals surface area (Å²) in [4.78, 5) is 37.0. The number of carbonyl (C=O) groups is 2. The number of nitrogens with one attached hydrogen (secondary N) is 1. The van der Waals surface area contributed by atoms with Gasteiger partial charge >= 0.3 is 0 Å². The summed E-state index contributed by atoms with van der Waals surface area (Å²) in [6.45, 7) is 1.96. The first-order valence-corrected chi connectivity index (χ1v) is 9.23. The minimum absolute atomic E-state index is 0.0524. The molecule has 1 aromatic carbocycles. The average molecular weight is 369 g/mol. The van der Waals surface area contributed by atoms with Crippen LogP contribution < -0.4 is 0 Å². The van der Waals surface area contributed by atoms with Gasteiger partial charge in [-0.25, -0.2) is 4.98 Å². The predicted octanol–water partition coefficient (Wildman–Crippen LogP) is 4.84. The molecule has 0 bridgehead atoms. The van der Waals surface area contributed by atoms with Gasteiger partial charge in [-0.05, 0) is 24.6 Å². The van der Waals surface area contributed by atoms with Crippen LogP contribution in [0.2, 0.25) is 0 Å². The summed E-state index contributed by atoms with van der Waals surface area (Å²) in [5.41, 5.74) is 4.07. The van der Waals surface area contributed by atoms with Crippen molar-refractivity contribution in [1.82, 2.24) is 15.0 Å². The molecule has 0 fully saturated rings. The Labute approximate surface area is 162 Å². The molecule has 0 saturated carbocycles. The Bertz CT molecular complexity index is 1160. The Hall–Kier alpha value is -3.60. The fourth-order valence-corrected chi connectivity index (χ4v) is 3.24. The van der Waals surface area contributed by atoms with Gasteiger partial charge < -0.3 is 4.98 Å². The number of pyridine rings is 2. The van der Waals surface area contributed by atoms with Crippen LogP contribution in [0.3, 0.4) is 0 Å². The molecule has 5 heteroatoms. The molecule has 0 amide bonds. The molecular weight excluding hydrogens is 350 g/mol. The lowest BCUT2D eigenvalue weighted by molar-refractivity contribution is 0.0981. The number of ketones is 2. The highest BCUT2D eigenvalue weighted by Crippen LogP contribution is 2.26. The summed E-state index contributed by atoms with van der Waals surface area (Å²) < 4.78 is 0. The van der Waals surface area contributed by atoms with Crippen molar-refractivity contribution in [3.8, 4) is 11.1 Å². The molecular formula is C23H19N3O2. The minimum atomic E-state index is -0.137. The normalized spacial score (nSPS) is 10.9. The van der Waals surface area contributed by atoms with Crippen LogP contribution in [-0.4, -0.2) is 26.5 Å². The second kappa shape index (κ2) is 7.56. The van der Waals surface area contributed by atoms with Gasteiger partial charge in [0.25, 0.3) is 0 Å². The Balaban J connectivity index is 1.74. The molecule has 28 heavy (non-hydrogen) atoms. The maximum atomic E-state index is 13.1. The lowest BCUT2D eigenvalue weighted by Crippen LogP contribution is -2.04. The number of benzene rings is 1. The summed E-state index contributed by atoms with van der Waals surface area (Å²) >= 11 is 0. The van der Waals surface area contributed by atoms with E-state index in [1.54, 1.807) is 49.1 Å². The first-order chi connectivity index (χ1) is 13.7. The Morgan fingerprint density at radius 2 is 1.86 bits per heavy atom. The van der Waals surface area contributed by atoms with Crippen molar-refractivity contribution in [2.45, 2.75) is 19.8 Å². The summed E-state index contributed by atoms with van der Waals surface area (Å²) in [6.07, 6.45) is 8.17. The number of aromatic nitrogens is 3. The highest BCUT2D eigenvalue weighted by Gasteiger charge is 2.17. The third-order valence-electron chi connectivity index (χ3n) is 4.69. The van der Waals surface area contributed by atoms with Gasteiger partial charge in [0.15, 0.2) is 11.6 Å². The van der Waals surface area contributed by atoms with Gasteiger partial charge in [-0.3, -0.25) is 14.6 Å². The summed E-state index contributed by atoms with van der Waals surface area (Å²) in [5, 5.41) is 0.747. The van der Waals surface area contributed by atoms with E-state index in [0.29, 0.717) is 28.8 Å². The van der Waals surface area contributed by atoms with Crippen LogP contribution in [0.15, 0.2) is 67.3 Å². The topological polar surface area (TPSA) is 75.7 Å². The van der Waals surface area contributed by atoms with E-state index < -0.39 is 0 Å². The zero-order chi connectivity index (χ0) is 19.5. The second-order valence-corrected chi connectivity index (χ2v) is 6.65. The van der Waals surface area contributed by atoms with Crippen LogP contribution in [0.5, 0.6) is 0 Å². The smallest absolute Gasteiger partial charge is 0.195 e. The molecule has 4 aromatic rings. The molecule has 1 N–H and O–H groups in total. The maximum absolute atomic E-state index is 13.1. The number of hydrogen-bond acceptors (Lipinski definition) is 4. The molecule has 0 aliphatic heterocycles. The molecule has 0 radical (unpaired) electrons. The van der Waals surface area contributed by atoms with Crippen LogP contribution in [-0.2, 0) is 0 Å². The van der Waals surface area contributed by atoms with Crippen molar-refractivity contribution in [3.63, 3.8) is 0 Å². The van der Waals surface area contributed by atoms with Crippen molar-refractivity contribution in [2.24, 2.45) is 0 Å². The third-order valence-corrected chi connectivity index (χ3v) is 4.69. The number of fused-ring (bicyclic) bond motifs is 1. The van der Waals surface area contributed by atoms with Gasteiger partial charge in [0, 0.05) is 64.4 Å². The Morgan fingerprint density at radius 1 is 1.00 bits per heavy atom. The molecule has 0 unspecified atom stereocenters. The van der Waals surface area contributed by atoms with Crippen molar-refractivity contribution in [2.75, 3.05) is 0 Å². The number of Topliss-reactive ketones (excluding diaryl/α,β-unsaturated/α-hetero) is 1. The standard InChI is InChI=1S/C23H19N3O2/c1-2-5-21(27)15-6-3-7-16(10-15)22(28)20-14-26-23-19(20)11-18(13-25-23)17-8-4-9-24-12-17/h3-4,6-14H,2,5H2,1H3,(H,25,26). The van der Waals surface area contributed by atoms with Gasteiger partial charge in [0.05, 0.1) is 0 Å². The van der Waals surface area contributed by atoms with Gasteiger partial charge in [-0.1, -0.05) is 31.2 Å². The van der Waals surface area contributed by atoms with Crippen LogP contribution in [0.1, 0.15) is 46.0 Å². The molecule has 0 aliphatic carbocycles. The first kappa shape index (κ1) is 17.8. The number of hydrogen-bond donors (Lipinski definition) is 1. The van der Waals surface area contributed by atoms with E-state index in [2.05, 4.69) is 15.0 Å². The molecule has 138 valence electrons. The van der Waals surface area contributed by atoms with E-state index in [4.69, 9.17) is 0 Å². The van der Waals surface area contributed by atoms with Crippen LogP contribution in [0.4, 0.5) is 0 Å². The van der Waals surface area contributed by atoms with E-state index in [1.165, 1.54) is 0 Å². The quantitative estimate of drug-likeness (QED) is 0.494. The number of H-pyrrole nitrogens is 1. The summed E-state index contributed by atoms with van der Waals surface area (Å²) in [5.74, 6) is -0.0841. The van der Waals surface area contributed by atoms with Crippen molar-refractivity contribution >= 4 is 22.6 Å². The van der Waals surface area contributed by atoms with Crippen LogP contribution in [0, 0.1) is 0 Å². The number of nitrogens with zero attached hydrogens (tertiary/aromatic N) is 2. The van der Waals surface area contributed by atoms with Crippen molar-refractivity contribution < 1.29 is 9.59 Å². The van der Waals surface area contributed by atoms with Crippen LogP contribution in [0.25, 0.3) is 22.2 Å². The summed E-state index contributed by atoms with van der Waals surface area (Å²) in [7, 11) is 0. The molecule has 0 spiro atoms. The second-order valence-electron chi connectivity index (χ2n) is 6.65. The predicted molar refractivity (Wildman–Crippen MR) is 108 cm³/mol. The Morgan fingerprint density at radius 3 is 2.64 bits per heavy atom. The highest BCUT2D eigenvalue weighted by molar-refractivity contribution is 6.17. The fraction of sp³-hybridized carbons (Fsp3) is 0.130. The zero-order valence-corrected chi connectivity index (χ0v) is 15.5. The van der Waals surface area contributed by atoms with Crippen LogP contribution >= 0.6 is 0 Å². The number of rotatable bonds is 6. The highest BCUT2D eigenvalue weighted by atomic mass is 16.1. The SMILES string of the molecule is CCCC(=O)c1cccc(C(=O)c2c[nH]c3ncc(-c4cccnc4)cc23)c1. The van der Waals surface area contributed by atoms with Crippen molar-refractivity contribution in [1.29, 1.82) is 0 Å². The molecule has 0 saturated heterocycles. The van der Waals surface area contributed by atoms with Gasteiger partial charge in [-0.15, -0.1) is 0 Å². The fourth-order valence-electron chi connectivity index (χ4n) is 3.24. The van der Waals surface area contributed by atoms with E-state index in [1.807, 2.05) is 25.1 Å². The molecule has 4 rings (SSSR count). The molecule has 5 nitrogen and oxygen atoms in total. The molecule has 3 aromatic heterocycles. The molecule has 3 heterocycles. The first-order valence-electron chi connectivity index (χ1n) is 9.23. The average Bonchev–Trinajstić information content (AvgIpc) is 3.17. The van der Waals surface area contributed by atoms with E-state index in [9.17, 15) is 9.59 Å². The van der Waals surface area contributed by atoms with Gasteiger partial charge in [-0.2, -0.15) is 0 Å². The molecule has 0 atom stereocenters. The summed E-state index contributed by atoms with van der Waals surface area (Å²) in [6, 6.07) is 12.7. The lowest BCUT2D eigenvalue weighted by Gasteiger charge is -2.05. The van der Waals surface area contributed by atoms with E-state index >= 15 is 0 Å². The molecule has 0 aliphatic rings. The van der Waals surface area contributed by atoms with Gasteiger partial charge in [0.1, 0.15) is 5.65 Å². The lowest BCUT2D eigenvalue weighted by atomic mass is 9.98. The maximum Gasteiger partial charge on any atom is 0.195 e. The van der Waals surface area contributed by atoms with Crippen molar-refractivity contribution in [3.05, 3.63) is 83.9 Å². The van der Waals surface area contributed by atoms with E-state index in [0.717, 1.165) is 22.9 Å². The number of carbonyl (C=O) groups excluding carboxylic acids is 2. The largest absolute Gasteiger partial charge is 0.345 e. The number of aromatic amines is 1. The minimum Gasteiger partial charge on any atom is -0.345 e. The zero-order valence-electron chi connectivity index (χ0n) is 15.5.